The molecule has 0 aromatic heterocycles. The molecule has 1 saturated carbocycles. The summed E-state index contributed by atoms with van der Waals surface area (Å²) in [6, 6.07) is 0. The van der Waals surface area contributed by atoms with Gasteiger partial charge in [-0.15, -0.1) is 24.0 Å². The fraction of sp³-hybridized carbons (Fsp3) is 0.941. The van der Waals surface area contributed by atoms with Crippen LogP contribution in [0.3, 0.4) is 0 Å². The fourth-order valence-corrected chi connectivity index (χ4v) is 4.88. The molecule has 0 unspecified atom stereocenters. The van der Waals surface area contributed by atoms with Gasteiger partial charge in [-0.2, -0.15) is 0 Å². The molecular formula is C17H35IN4O2S. The molecule has 0 aromatic rings. The SMILES string of the molecule is CN=C(NCCCC1CCCCC1)NCCN1CCS(=O)(=O)CC1.I. The Labute approximate surface area is 170 Å². The van der Waals surface area contributed by atoms with Crippen LogP contribution in [0.25, 0.3) is 0 Å². The number of hydrogen-bond donors (Lipinski definition) is 2. The molecule has 1 heterocycles. The lowest BCUT2D eigenvalue weighted by Gasteiger charge is -2.26. The second kappa shape index (κ2) is 12.3. The van der Waals surface area contributed by atoms with Gasteiger partial charge in [-0.25, -0.2) is 8.42 Å². The van der Waals surface area contributed by atoms with Crippen molar-refractivity contribution in [1.82, 2.24) is 15.5 Å². The van der Waals surface area contributed by atoms with Crippen molar-refractivity contribution in [2.45, 2.75) is 44.9 Å². The molecule has 1 aliphatic heterocycles. The fourth-order valence-electron chi connectivity index (χ4n) is 3.60. The molecule has 0 bridgehead atoms. The number of guanidine groups is 1. The second-order valence-electron chi connectivity index (χ2n) is 7.07. The van der Waals surface area contributed by atoms with E-state index < -0.39 is 9.84 Å². The van der Waals surface area contributed by atoms with Crippen molar-refractivity contribution in [3.05, 3.63) is 0 Å². The highest BCUT2D eigenvalue weighted by Gasteiger charge is 2.20. The number of nitrogens with one attached hydrogen (secondary N) is 2. The molecule has 1 aliphatic carbocycles. The number of halogens is 1. The van der Waals surface area contributed by atoms with Gasteiger partial charge in [0.15, 0.2) is 15.8 Å². The van der Waals surface area contributed by atoms with Crippen molar-refractivity contribution in [2.24, 2.45) is 10.9 Å². The summed E-state index contributed by atoms with van der Waals surface area (Å²) in [6.07, 6.45) is 9.62. The Bertz CT molecular complexity index is 479. The summed E-state index contributed by atoms with van der Waals surface area (Å²) in [4.78, 5) is 6.46. The van der Waals surface area contributed by atoms with Crippen LogP contribution in [0.2, 0.25) is 0 Å². The first-order valence-electron chi connectivity index (χ1n) is 9.46. The summed E-state index contributed by atoms with van der Waals surface area (Å²) >= 11 is 0. The van der Waals surface area contributed by atoms with Crippen molar-refractivity contribution >= 4 is 39.8 Å². The molecule has 1 saturated heterocycles. The average Bonchev–Trinajstić information content (AvgIpc) is 2.59. The summed E-state index contributed by atoms with van der Waals surface area (Å²) in [6.45, 7) is 3.92. The zero-order chi connectivity index (χ0) is 17.3. The van der Waals surface area contributed by atoms with Gasteiger partial charge in [-0.05, 0) is 18.8 Å². The van der Waals surface area contributed by atoms with Crippen LogP contribution in [-0.2, 0) is 9.84 Å². The lowest BCUT2D eigenvalue weighted by molar-refractivity contribution is 0.299. The molecule has 25 heavy (non-hydrogen) atoms. The van der Waals surface area contributed by atoms with Crippen LogP contribution in [-0.4, -0.2) is 70.6 Å². The highest BCUT2D eigenvalue weighted by Crippen LogP contribution is 2.26. The summed E-state index contributed by atoms with van der Waals surface area (Å²) in [7, 11) is -0.989. The Hall–Kier alpha value is -0.0900. The first-order valence-corrected chi connectivity index (χ1v) is 11.3. The van der Waals surface area contributed by atoms with Gasteiger partial charge in [0.05, 0.1) is 11.5 Å². The quantitative estimate of drug-likeness (QED) is 0.249. The molecule has 0 aromatic carbocycles. The Balaban J connectivity index is 0.00000312. The molecule has 0 spiro atoms. The van der Waals surface area contributed by atoms with Gasteiger partial charge in [0.25, 0.3) is 0 Å². The first-order chi connectivity index (χ1) is 11.6. The van der Waals surface area contributed by atoms with Crippen LogP contribution in [0.1, 0.15) is 44.9 Å². The maximum Gasteiger partial charge on any atom is 0.191 e. The minimum absolute atomic E-state index is 0. The third-order valence-corrected chi connectivity index (χ3v) is 6.80. The minimum atomic E-state index is -2.78. The lowest BCUT2D eigenvalue weighted by atomic mass is 9.86. The van der Waals surface area contributed by atoms with Gasteiger partial charge in [-0.3, -0.25) is 9.89 Å². The summed E-state index contributed by atoms with van der Waals surface area (Å²) in [5.41, 5.74) is 0. The number of rotatable bonds is 7. The summed E-state index contributed by atoms with van der Waals surface area (Å²) < 4.78 is 22.8. The molecule has 6 nitrogen and oxygen atoms in total. The van der Waals surface area contributed by atoms with E-state index in [-0.39, 0.29) is 24.0 Å². The van der Waals surface area contributed by atoms with E-state index in [1.807, 2.05) is 0 Å². The van der Waals surface area contributed by atoms with Gasteiger partial charge < -0.3 is 10.6 Å². The van der Waals surface area contributed by atoms with Crippen LogP contribution in [0, 0.1) is 5.92 Å². The van der Waals surface area contributed by atoms with Crippen molar-refractivity contribution in [2.75, 3.05) is 51.3 Å². The monoisotopic (exact) mass is 486 g/mol. The number of nitrogens with zero attached hydrogens (tertiary/aromatic N) is 2. The molecular weight excluding hydrogens is 451 g/mol. The third kappa shape index (κ3) is 9.42. The number of sulfone groups is 1. The molecule has 8 heteroatoms. The van der Waals surface area contributed by atoms with Gasteiger partial charge in [0.2, 0.25) is 0 Å². The summed E-state index contributed by atoms with van der Waals surface area (Å²) in [5.74, 6) is 2.37. The highest BCUT2D eigenvalue weighted by molar-refractivity contribution is 14.0. The predicted molar refractivity (Wildman–Crippen MR) is 116 cm³/mol. The van der Waals surface area contributed by atoms with E-state index >= 15 is 0 Å². The van der Waals surface area contributed by atoms with E-state index in [0.29, 0.717) is 24.6 Å². The molecule has 2 fully saturated rings. The molecule has 0 radical (unpaired) electrons. The molecule has 0 amide bonds. The lowest BCUT2D eigenvalue weighted by Crippen LogP contribution is -2.46. The van der Waals surface area contributed by atoms with Crippen LogP contribution in [0.15, 0.2) is 4.99 Å². The van der Waals surface area contributed by atoms with E-state index in [9.17, 15) is 8.42 Å². The van der Waals surface area contributed by atoms with Crippen molar-refractivity contribution < 1.29 is 8.42 Å². The maximum atomic E-state index is 11.4. The van der Waals surface area contributed by atoms with Gasteiger partial charge in [0.1, 0.15) is 0 Å². The van der Waals surface area contributed by atoms with Gasteiger partial charge in [0, 0.05) is 39.8 Å². The maximum absolute atomic E-state index is 11.4. The smallest absolute Gasteiger partial charge is 0.191 e. The summed E-state index contributed by atoms with van der Waals surface area (Å²) in [5, 5.41) is 6.71. The van der Waals surface area contributed by atoms with E-state index in [2.05, 4.69) is 20.5 Å². The molecule has 148 valence electrons. The molecule has 0 atom stereocenters. The van der Waals surface area contributed by atoms with Crippen LogP contribution >= 0.6 is 24.0 Å². The Morgan fingerprint density at radius 2 is 1.72 bits per heavy atom. The van der Waals surface area contributed by atoms with Gasteiger partial charge >= 0.3 is 0 Å². The van der Waals surface area contributed by atoms with Crippen molar-refractivity contribution in [1.29, 1.82) is 0 Å². The van der Waals surface area contributed by atoms with Gasteiger partial charge in [-0.1, -0.05) is 32.1 Å². The number of aliphatic imine (C=N–C) groups is 1. The first kappa shape index (κ1) is 23.0. The number of hydrogen-bond acceptors (Lipinski definition) is 4. The molecule has 2 aliphatic rings. The Kier molecular flexibility index (Phi) is 11.3. The predicted octanol–water partition coefficient (Wildman–Crippen LogP) is 1.86. The standard InChI is InChI=1S/C17H34N4O2S.HI/c1-18-17(19-9-5-8-16-6-3-2-4-7-16)20-10-11-21-12-14-24(22,23)15-13-21;/h16H,2-15H2,1H3,(H2,18,19,20);1H. The topological polar surface area (TPSA) is 73.8 Å². The molecule has 2 N–H and O–H groups in total. The van der Waals surface area contributed by atoms with Crippen molar-refractivity contribution in [3.63, 3.8) is 0 Å². The average molecular weight is 486 g/mol. The normalized spacial score (nSPS) is 22.2. The van der Waals surface area contributed by atoms with Crippen LogP contribution < -0.4 is 10.6 Å². The third-order valence-electron chi connectivity index (χ3n) is 5.19. The molecule has 2 rings (SSSR count). The highest BCUT2D eigenvalue weighted by atomic mass is 127. The largest absolute Gasteiger partial charge is 0.356 e. The van der Waals surface area contributed by atoms with E-state index in [4.69, 9.17) is 0 Å². The minimum Gasteiger partial charge on any atom is -0.356 e. The van der Waals surface area contributed by atoms with E-state index in [0.717, 1.165) is 31.5 Å². The van der Waals surface area contributed by atoms with Crippen LogP contribution in [0.4, 0.5) is 0 Å². The van der Waals surface area contributed by atoms with Crippen molar-refractivity contribution in [3.8, 4) is 0 Å². The zero-order valence-corrected chi connectivity index (χ0v) is 18.7. The second-order valence-corrected chi connectivity index (χ2v) is 9.37. The Morgan fingerprint density at radius 1 is 1.08 bits per heavy atom. The van der Waals surface area contributed by atoms with Crippen LogP contribution in [0.5, 0.6) is 0 Å². The van der Waals surface area contributed by atoms with E-state index in [1.165, 1.54) is 44.9 Å². The zero-order valence-electron chi connectivity index (χ0n) is 15.5. The Morgan fingerprint density at radius 3 is 2.36 bits per heavy atom. The van der Waals surface area contributed by atoms with E-state index in [1.54, 1.807) is 7.05 Å².